The van der Waals surface area contributed by atoms with Crippen molar-refractivity contribution in [3.8, 4) is 45.8 Å². The Morgan fingerprint density at radius 3 is 0.857 bits per heavy atom. The molecule has 0 aliphatic heterocycles. The SMILES string of the molecule is COc1ccnc(-c2cc(OC)ccn2)c1.COc1ccnc(-c2cc(OC)ccn2)c1.[Cl][Os][Cl]. The summed E-state index contributed by atoms with van der Waals surface area (Å²) in [6.07, 6.45) is 6.76. The van der Waals surface area contributed by atoms with Crippen LogP contribution < -0.4 is 18.9 Å². The number of pyridine rings is 4. The Morgan fingerprint density at radius 2 is 0.686 bits per heavy atom. The van der Waals surface area contributed by atoms with E-state index in [9.17, 15) is 0 Å². The van der Waals surface area contributed by atoms with Crippen molar-refractivity contribution in [1.82, 2.24) is 19.9 Å². The summed E-state index contributed by atoms with van der Waals surface area (Å²) < 4.78 is 20.5. The molecule has 0 saturated heterocycles. The summed E-state index contributed by atoms with van der Waals surface area (Å²) in [7, 11) is 16.3. The Labute approximate surface area is 220 Å². The van der Waals surface area contributed by atoms with Gasteiger partial charge in [0.1, 0.15) is 23.0 Å². The Hall–Kier alpha value is -2.98. The van der Waals surface area contributed by atoms with Gasteiger partial charge in [-0.2, -0.15) is 0 Å². The second-order valence-electron chi connectivity index (χ2n) is 6.37. The van der Waals surface area contributed by atoms with Gasteiger partial charge in [0.2, 0.25) is 0 Å². The van der Waals surface area contributed by atoms with Gasteiger partial charge in [-0.3, -0.25) is 19.9 Å². The molecule has 4 aromatic rings. The van der Waals surface area contributed by atoms with Crippen molar-refractivity contribution in [2.75, 3.05) is 28.4 Å². The normalized spacial score (nSPS) is 9.66. The number of aromatic nitrogens is 4. The molecule has 0 saturated carbocycles. The molecule has 0 N–H and O–H groups in total. The Kier molecular flexibility index (Phi) is 12.8. The van der Waals surface area contributed by atoms with Crippen molar-refractivity contribution in [2.24, 2.45) is 0 Å². The molecule has 0 unspecified atom stereocenters. The quantitative estimate of drug-likeness (QED) is 0.255. The van der Waals surface area contributed by atoms with Crippen LogP contribution in [0.25, 0.3) is 22.8 Å². The third-order valence-electron chi connectivity index (χ3n) is 4.39. The van der Waals surface area contributed by atoms with Crippen LogP contribution in [0.3, 0.4) is 0 Å². The third-order valence-corrected chi connectivity index (χ3v) is 4.39. The van der Waals surface area contributed by atoms with E-state index in [4.69, 9.17) is 38.2 Å². The summed E-state index contributed by atoms with van der Waals surface area (Å²) in [5, 5.41) is 0. The third kappa shape index (κ3) is 9.29. The number of hydrogen-bond acceptors (Lipinski definition) is 8. The summed E-state index contributed by atoms with van der Waals surface area (Å²) >= 11 is -0.639. The predicted molar refractivity (Wildman–Crippen MR) is 133 cm³/mol. The van der Waals surface area contributed by atoms with Crippen LogP contribution in [-0.2, 0) is 15.4 Å². The maximum absolute atomic E-state index is 5.13. The zero-order valence-electron chi connectivity index (χ0n) is 19.5. The van der Waals surface area contributed by atoms with Gasteiger partial charge in [0.05, 0.1) is 51.2 Å². The molecule has 186 valence electrons. The van der Waals surface area contributed by atoms with E-state index < -0.39 is 15.4 Å². The van der Waals surface area contributed by atoms with Crippen LogP contribution in [0.2, 0.25) is 0 Å². The molecule has 4 heterocycles. The molecule has 0 bridgehead atoms. The van der Waals surface area contributed by atoms with Gasteiger partial charge >= 0.3 is 34.7 Å². The molecule has 0 aromatic carbocycles. The van der Waals surface area contributed by atoms with Crippen molar-refractivity contribution < 1.29 is 34.4 Å². The van der Waals surface area contributed by atoms with Gasteiger partial charge in [0.25, 0.3) is 0 Å². The van der Waals surface area contributed by atoms with E-state index in [0.29, 0.717) is 0 Å². The Balaban J connectivity index is 0.000000222. The fourth-order valence-electron chi connectivity index (χ4n) is 2.71. The van der Waals surface area contributed by atoms with E-state index >= 15 is 0 Å². The molecule has 0 aliphatic rings. The molecule has 0 radical (unpaired) electrons. The molecule has 11 heteroatoms. The van der Waals surface area contributed by atoms with E-state index in [1.165, 1.54) is 0 Å². The van der Waals surface area contributed by atoms with Gasteiger partial charge < -0.3 is 18.9 Å². The summed E-state index contributed by atoms with van der Waals surface area (Å²) in [4.78, 5) is 16.9. The van der Waals surface area contributed by atoms with Crippen molar-refractivity contribution in [3.63, 3.8) is 0 Å². The number of nitrogens with zero attached hydrogens (tertiary/aromatic N) is 4. The first-order chi connectivity index (χ1) is 17.1. The molecule has 0 aliphatic carbocycles. The van der Waals surface area contributed by atoms with E-state index in [2.05, 4.69) is 19.9 Å². The first-order valence-corrected chi connectivity index (χ1v) is 16.2. The number of hydrogen-bond donors (Lipinski definition) is 0. The van der Waals surface area contributed by atoms with Crippen LogP contribution >= 0.6 is 19.3 Å². The summed E-state index contributed by atoms with van der Waals surface area (Å²) in [6.45, 7) is 0. The van der Waals surface area contributed by atoms with Crippen molar-refractivity contribution >= 4 is 19.3 Å². The number of rotatable bonds is 6. The van der Waals surface area contributed by atoms with E-state index in [1.807, 2.05) is 24.3 Å². The summed E-state index contributed by atoms with van der Waals surface area (Å²) in [6, 6.07) is 14.5. The first kappa shape index (κ1) is 28.3. The zero-order chi connectivity index (χ0) is 25.5. The fraction of sp³-hybridized carbons (Fsp3) is 0.167. The molecular weight excluding hydrogens is 669 g/mol. The van der Waals surface area contributed by atoms with Gasteiger partial charge in [-0.05, 0) is 24.3 Å². The van der Waals surface area contributed by atoms with Gasteiger partial charge in [-0.1, -0.05) is 0 Å². The average molecular weight is 694 g/mol. The van der Waals surface area contributed by atoms with Crippen molar-refractivity contribution in [2.45, 2.75) is 0 Å². The summed E-state index contributed by atoms with van der Waals surface area (Å²) in [5.74, 6) is 3.04. The number of halogens is 2. The average Bonchev–Trinajstić information content (AvgIpc) is 2.94. The van der Waals surface area contributed by atoms with Crippen LogP contribution in [-0.4, -0.2) is 48.4 Å². The Bertz CT molecular complexity index is 1010. The second kappa shape index (κ2) is 15.8. The van der Waals surface area contributed by atoms with Gasteiger partial charge in [0.15, 0.2) is 0 Å². The van der Waals surface area contributed by atoms with E-state index in [-0.39, 0.29) is 0 Å². The van der Waals surface area contributed by atoms with Crippen LogP contribution in [0, 0.1) is 0 Å². The monoisotopic (exact) mass is 694 g/mol. The topological polar surface area (TPSA) is 88.5 Å². The number of methoxy groups -OCH3 is 4. The molecule has 35 heavy (non-hydrogen) atoms. The van der Waals surface area contributed by atoms with Crippen molar-refractivity contribution in [1.29, 1.82) is 0 Å². The molecule has 4 rings (SSSR count). The molecule has 8 nitrogen and oxygen atoms in total. The van der Waals surface area contributed by atoms with Gasteiger partial charge in [-0.15, -0.1) is 0 Å². The van der Waals surface area contributed by atoms with E-state index in [1.54, 1.807) is 77.5 Å². The minimum absolute atomic E-state index is 0.639. The van der Waals surface area contributed by atoms with Crippen molar-refractivity contribution in [3.05, 3.63) is 73.3 Å². The zero-order valence-corrected chi connectivity index (χ0v) is 23.5. The fourth-order valence-corrected chi connectivity index (χ4v) is 2.71. The Morgan fingerprint density at radius 1 is 0.486 bits per heavy atom. The van der Waals surface area contributed by atoms with Crippen LogP contribution in [0.5, 0.6) is 23.0 Å². The standard InChI is InChI=1S/2C12H12N2O2.2ClH.Os/c2*1-15-9-3-5-13-11(7-9)12-8-10(16-2)4-6-14-12;;;/h2*3-8H,1-2H3;2*1H;/q;;;;+2/p-2. The molecule has 0 atom stereocenters. The maximum atomic E-state index is 5.13. The van der Waals surface area contributed by atoms with Crippen LogP contribution in [0.15, 0.2) is 73.3 Å². The van der Waals surface area contributed by atoms with Crippen LogP contribution in [0.1, 0.15) is 0 Å². The molecule has 0 fully saturated rings. The van der Waals surface area contributed by atoms with E-state index in [0.717, 1.165) is 45.8 Å². The van der Waals surface area contributed by atoms with Gasteiger partial charge in [0, 0.05) is 49.1 Å². The second-order valence-corrected chi connectivity index (χ2v) is 10.0. The van der Waals surface area contributed by atoms with Gasteiger partial charge in [-0.25, -0.2) is 0 Å². The molecule has 0 amide bonds. The summed E-state index contributed by atoms with van der Waals surface area (Å²) in [5.41, 5.74) is 3.05. The minimum atomic E-state index is -0.639. The number of ether oxygens (including phenoxy) is 4. The first-order valence-electron chi connectivity index (χ1n) is 9.94. The molecular formula is C24H24Cl2N4O4Os. The molecule has 0 spiro atoms. The van der Waals surface area contributed by atoms with Crippen LogP contribution in [0.4, 0.5) is 0 Å². The molecule has 4 aromatic heterocycles. The predicted octanol–water partition coefficient (Wildman–Crippen LogP) is 5.70.